The zero-order chi connectivity index (χ0) is 14.3. The monoisotopic (exact) mass is 300 g/mol. The van der Waals surface area contributed by atoms with Crippen LogP contribution in [0.5, 0.6) is 0 Å². The van der Waals surface area contributed by atoms with Gasteiger partial charge in [-0.25, -0.2) is 0 Å². The van der Waals surface area contributed by atoms with E-state index in [1.165, 1.54) is 0 Å². The van der Waals surface area contributed by atoms with Gasteiger partial charge in [0.1, 0.15) is 0 Å². The third-order valence-corrected chi connectivity index (χ3v) is 3.07. The summed E-state index contributed by atoms with van der Waals surface area (Å²) in [6.45, 7) is 4.38. The molecule has 2 unspecified atom stereocenters. The maximum Gasteiger partial charge on any atom is 0.220 e. The van der Waals surface area contributed by atoms with Crippen LogP contribution in [0, 0.1) is 5.92 Å². The third-order valence-electron chi connectivity index (χ3n) is 3.07. The Bertz CT molecular complexity index is 411. The van der Waals surface area contributed by atoms with Gasteiger partial charge >= 0.3 is 0 Å². The van der Waals surface area contributed by atoms with E-state index in [1.54, 1.807) is 6.92 Å². The quantitative estimate of drug-likeness (QED) is 0.675. The molecular weight excluding hydrogens is 276 g/mol. The molecule has 0 aliphatic carbocycles. The van der Waals surface area contributed by atoms with Crippen LogP contribution in [0.3, 0.4) is 0 Å². The van der Waals surface area contributed by atoms with Crippen LogP contribution in [0.4, 0.5) is 5.69 Å². The summed E-state index contributed by atoms with van der Waals surface area (Å²) in [6, 6.07) is 7.60. The van der Waals surface area contributed by atoms with E-state index in [0.29, 0.717) is 25.8 Å². The van der Waals surface area contributed by atoms with Crippen molar-refractivity contribution in [3.05, 3.63) is 29.8 Å². The van der Waals surface area contributed by atoms with Crippen LogP contribution in [0.2, 0.25) is 0 Å². The average Bonchev–Trinajstić information content (AvgIpc) is 2.34. The van der Waals surface area contributed by atoms with E-state index in [-0.39, 0.29) is 30.3 Å². The topological polar surface area (TPSA) is 75.3 Å². The number of aliphatic hydroxyl groups excluding tert-OH is 1. The van der Waals surface area contributed by atoms with Crippen molar-refractivity contribution in [1.29, 1.82) is 0 Å². The van der Waals surface area contributed by atoms with Crippen molar-refractivity contribution in [1.82, 2.24) is 5.32 Å². The number of halogens is 1. The Labute approximate surface area is 127 Å². The van der Waals surface area contributed by atoms with E-state index in [9.17, 15) is 9.90 Å². The predicted octanol–water partition coefficient (Wildman–Crippen LogP) is 2.15. The number of carbonyl (C=O) groups is 1. The van der Waals surface area contributed by atoms with E-state index >= 15 is 0 Å². The van der Waals surface area contributed by atoms with Gasteiger partial charge in [-0.2, -0.15) is 0 Å². The van der Waals surface area contributed by atoms with Crippen molar-refractivity contribution in [2.75, 3.05) is 12.3 Å². The van der Waals surface area contributed by atoms with Crippen molar-refractivity contribution in [2.24, 2.45) is 5.92 Å². The van der Waals surface area contributed by atoms with Crippen molar-refractivity contribution in [3.63, 3.8) is 0 Å². The summed E-state index contributed by atoms with van der Waals surface area (Å²) in [7, 11) is 0. The largest absolute Gasteiger partial charge is 0.399 e. The number of aliphatic hydroxyl groups is 1. The first kappa shape index (κ1) is 18.7. The van der Waals surface area contributed by atoms with Gasteiger partial charge in [-0.05, 0) is 37.3 Å². The molecule has 2 atom stereocenters. The number of anilines is 1. The van der Waals surface area contributed by atoms with E-state index in [0.717, 1.165) is 11.3 Å². The fourth-order valence-electron chi connectivity index (χ4n) is 2.05. The van der Waals surface area contributed by atoms with E-state index in [4.69, 9.17) is 5.73 Å². The highest BCUT2D eigenvalue weighted by Crippen LogP contribution is 2.12. The number of rotatable bonds is 7. The number of amides is 1. The highest BCUT2D eigenvalue weighted by Gasteiger charge is 2.09. The molecule has 5 heteroatoms. The van der Waals surface area contributed by atoms with Crippen LogP contribution in [0.25, 0.3) is 0 Å². The second-order valence-corrected chi connectivity index (χ2v) is 5.19. The van der Waals surface area contributed by atoms with Gasteiger partial charge in [-0.1, -0.05) is 25.1 Å². The fraction of sp³-hybridized carbons (Fsp3) is 0.533. The maximum absolute atomic E-state index is 11.7. The molecule has 20 heavy (non-hydrogen) atoms. The van der Waals surface area contributed by atoms with E-state index in [1.807, 2.05) is 31.2 Å². The minimum atomic E-state index is -0.323. The first-order valence-electron chi connectivity index (χ1n) is 6.77. The second-order valence-electron chi connectivity index (χ2n) is 5.19. The van der Waals surface area contributed by atoms with Crippen LogP contribution in [0.15, 0.2) is 24.3 Å². The Morgan fingerprint density at radius 1 is 1.35 bits per heavy atom. The van der Waals surface area contributed by atoms with Crippen LogP contribution in [0.1, 0.15) is 32.3 Å². The summed E-state index contributed by atoms with van der Waals surface area (Å²) < 4.78 is 0. The third kappa shape index (κ3) is 7.36. The minimum Gasteiger partial charge on any atom is -0.399 e. The van der Waals surface area contributed by atoms with Crippen molar-refractivity contribution in [2.45, 2.75) is 39.2 Å². The van der Waals surface area contributed by atoms with Crippen molar-refractivity contribution in [3.8, 4) is 0 Å². The maximum atomic E-state index is 11.7. The number of para-hydroxylation sites is 1. The number of aryl methyl sites for hydroxylation is 1. The Balaban J connectivity index is 0.00000361. The Morgan fingerprint density at radius 3 is 2.60 bits per heavy atom. The van der Waals surface area contributed by atoms with Crippen molar-refractivity contribution < 1.29 is 9.90 Å². The lowest BCUT2D eigenvalue weighted by Gasteiger charge is -2.14. The molecule has 0 saturated heterocycles. The highest BCUT2D eigenvalue weighted by molar-refractivity contribution is 5.85. The molecule has 4 nitrogen and oxygen atoms in total. The molecule has 0 aliphatic heterocycles. The van der Waals surface area contributed by atoms with Gasteiger partial charge in [-0.15, -0.1) is 12.4 Å². The highest BCUT2D eigenvalue weighted by atomic mass is 35.5. The second kappa shape index (κ2) is 9.61. The lowest BCUT2D eigenvalue weighted by atomic mass is 10.0. The van der Waals surface area contributed by atoms with Crippen LogP contribution in [-0.2, 0) is 11.2 Å². The molecule has 0 radical (unpaired) electrons. The zero-order valence-electron chi connectivity index (χ0n) is 12.1. The number of nitrogens with one attached hydrogen (secondary N) is 1. The summed E-state index contributed by atoms with van der Waals surface area (Å²) in [5.41, 5.74) is 7.57. The normalized spacial score (nSPS) is 13.2. The average molecular weight is 301 g/mol. The summed E-state index contributed by atoms with van der Waals surface area (Å²) in [5, 5.41) is 12.1. The van der Waals surface area contributed by atoms with Gasteiger partial charge < -0.3 is 16.2 Å². The standard InChI is InChI=1S/C15H24N2O2.ClH/c1-11(9-12(2)18)10-17-15(19)8-7-13-5-3-4-6-14(13)16;/h3-6,11-12,18H,7-10,16H2,1-2H3,(H,17,19);1H. The van der Waals surface area contributed by atoms with Crippen LogP contribution >= 0.6 is 12.4 Å². The molecule has 1 rings (SSSR count). The molecule has 1 amide bonds. The Hall–Kier alpha value is -1.26. The molecule has 0 fully saturated rings. The summed E-state index contributed by atoms with van der Waals surface area (Å²) in [4.78, 5) is 11.7. The Morgan fingerprint density at radius 2 is 2.00 bits per heavy atom. The molecule has 1 aromatic carbocycles. The number of carbonyl (C=O) groups excluding carboxylic acids is 1. The van der Waals surface area contributed by atoms with E-state index < -0.39 is 0 Å². The number of hydrogen-bond donors (Lipinski definition) is 3. The number of hydrogen-bond acceptors (Lipinski definition) is 3. The van der Waals surface area contributed by atoms with Gasteiger partial charge in [0, 0.05) is 18.7 Å². The molecule has 1 aromatic rings. The lowest BCUT2D eigenvalue weighted by molar-refractivity contribution is -0.121. The SMILES string of the molecule is CC(O)CC(C)CNC(=O)CCc1ccccc1N.Cl. The van der Waals surface area contributed by atoms with Gasteiger partial charge in [0.05, 0.1) is 6.10 Å². The summed E-state index contributed by atoms with van der Waals surface area (Å²) >= 11 is 0. The van der Waals surface area contributed by atoms with Crippen LogP contribution in [-0.4, -0.2) is 23.7 Å². The predicted molar refractivity (Wildman–Crippen MR) is 84.9 cm³/mol. The van der Waals surface area contributed by atoms with Crippen molar-refractivity contribution >= 4 is 24.0 Å². The smallest absolute Gasteiger partial charge is 0.220 e. The summed E-state index contributed by atoms with van der Waals surface area (Å²) in [5.74, 6) is 0.312. The van der Waals surface area contributed by atoms with E-state index in [2.05, 4.69) is 5.32 Å². The summed E-state index contributed by atoms with van der Waals surface area (Å²) in [6.07, 6.45) is 1.47. The molecule has 0 heterocycles. The van der Waals surface area contributed by atoms with Gasteiger partial charge in [0.2, 0.25) is 5.91 Å². The number of benzene rings is 1. The lowest BCUT2D eigenvalue weighted by Crippen LogP contribution is -2.29. The molecule has 0 saturated carbocycles. The minimum absolute atomic E-state index is 0. The first-order valence-corrected chi connectivity index (χ1v) is 6.77. The van der Waals surface area contributed by atoms with Crippen LogP contribution < -0.4 is 11.1 Å². The fourth-order valence-corrected chi connectivity index (χ4v) is 2.05. The molecule has 114 valence electrons. The molecular formula is C15H25ClN2O2. The molecule has 0 bridgehead atoms. The molecule has 0 aromatic heterocycles. The number of nitrogens with two attached hydrogens (primary N) is 1. The zero-order valence-corrected chi connectivity index (χ0v) is 13.0. The number of nitrogen functional groups attached to an aromatic ring is 1. The molecule has 0 aliphatic rings. The van der Waals surface area contributed by atoms with Gasteiger partial charge in [0.25, 0.3) is 0 Å². The van der Waals surface area contributed by atoms with Gasteiger partial charge in [-0.3, -0.25) is 4.79 Å². The Kier molecular flexibility index (Phi) is 9.01. The molecule has 4 N–H and O–H groups in total. The first-order chi connectivity index (χ1) is 8.99. The molecule has 0 spiro atoms. The van der Waals surface area contributed by atoms with Gasteiger partial charge in [0.15, 0.2) is 0 Å².